The fraction of sp³-hybridized carbons (Fsp3) is 0.125. The number of rotatable bonds is 3. The molecule has 0 aliphatic heterocycles. The average Bonchev–Trinajstić information content (AvgIpc) is 2.74. The van der Waals surface area contributed by atoms with Gasteiger partial charge >= 0.3 is 0 Å². The van der Waals surface area contributed by atoms with E-state index in [0.29, 0.717) is 17.4 Å². The van der Waals surface area contributed by atoms with Gasteiger partial charge in [0.1, 0.15) is 18.1 Å². The molecule has 0 amide bonds. The van der Waals surface area contributed by atoms with Gasteiger partial charge in [-0.2, -0.15) is 0 Å². The molecular formula is C16H14ClNO2. The Morgan fingerprint density at radius 3 is 2.75 bits per heavy atom. The molecule has 1 N–H and O–H groups in total. The Morgan fingerprint density at radius 1 is 1.15 bits per heavy atom. The topological polar surface area (TPSA) is 34.4 Å². The number of phenols is 1. The number of fused-ring (bicyclic) bond motifs is 1. The maximum Gasteiger partial charge on any atom is 0.138 e. The second kappa shape index (κ2) is 5.10. The van der Waals surface area contributed by atoms with Crippen LogP contribution in [-0.4, -0.2) is 9.67 Å². The Balaban J connectivity index is 1.88. The Morgan fingerprint density at radius 2 is 1.95 bits per heavy atom. The zero-order chi connectivity index (χ0) is 14.1. The van der Waals surface area contributed by atoms with E-state index in [0.717, 1.165) is 16.6 Å². The number of aryl methyl sites for hydroxylation is 1. The van der Waals surface area contributed by atoms with E-state index in [1.807, 2.05) is 41.9 Å². The molecule has 102 valence electrons. The summed E-state index contributed by atoms with van der Waals surface area (Å²) >= 11 is 6.06. The van der Waals surface area contributed by atoms with Crippen molar-refractivity contribution in [2.75, 3.05) is 0 Å². The Hall–Kier alpha value is -2.13. The van der Waals surface area contributed by atoms with Crippen molar-refractivity contribution in [3.63, 3.8) is 0 Å². The normalized spacial score (nSPS) is 10.9. The maximum atomic E-state index is 9.52. The van der Waals surface area contributed by atoms with E-state index in [-0.39, 0.29) is 5.75 Å². The standard InChI is InChI=1S/C16H14ClNO2/c1-18-12(8-11-9-13(19)6-7-15(11)18)10-20-16-5-3-2-4-14(16)17/h2-9,19H,10H2,1H3. The van der Waals surface area contributed by atoms with Crippen molar-refractivity contribution >= 4 is 22.5 Å². The van der Waals surface area contributed by atoms with E-state index >= 15 is 0 Å². The molecule has 0 aliphatic rings. The van der Waals surface area contributed by atoms with Crippen LogP contribution in [0.3, 0.4) is 0 Å². The number of halogens is 1. The van der Waals surface area contributed by atoms with Gasteiger partial charge < -0.3 is 14.4 Å². The van der Waals surface area contributed by atoms with Gasteiger partial charge in [-0.05, 0) is 36.4 Å². The van der Waals surface area contributed by atoms with Crippen LogP contribution < -0.4 is 4.74 Å². The summed E-state index contributed by atoms with van der Waals surface area (Å²) in [5.74, 6) is 0.934. The third kappa shape index (κ3) is 2.32. The molecule has 1 aromatic heterocycles. The maximum absolute atomic E-state index is 9.52. The SMILES string of the molecule is Cn1c(COc2ccccc2Cl)cc2cc(O)ccc21. The lowest BCUT2D eigenvalue weighted by molar-refractivity contribution is 0.298. The summed E-state index contributed by atoms with van der Waals surface area (Å²) in [6.07, 6.45) is 0. The number of aromatic nitrogens is 1. The fourth-order valence-electron chi connectivity index (χ4n) is 2.25. The minimum atomic E-state index is 0.265. The second-order valence-corrected chi connectivity index (χ2v) is 5.06. The van der Waals surface area contributed by atoms with Gasteiger partial charge in [0.15, 0.2) is 0 Å². The number of nitrogens with zero attached hydrogens (tertiary/aromatic N) is 1. The van der Waals surface area contributed by atoms with Crippen molar-refractivity contribution in [1.29, 1.82) is 0 Å². The van der Waals surface area contributed by atoms with E-state index in [9.17, 15) is 5.11 Å². The molecule has 20 heavy (non-hydrogen) atoms. The Kier molecular flexibility index (Phi) is 3.28. The van der Waals surface area contributed by atoms with E-state index in [2.05, 4.69) is 0 Å². The summed E-state index contributed by atoms with van der Waals surface area (Å²) < 4.78 is 7.80. The number of aromatic hydroxyl groups is 1. The summed E-state index contributed by atoms with van der Waals surface area (Å²) in [6.45, 7) is 0.426. The van der Waals surface area contributed by atoms with Crippen molar-refractivity contribution in [2.45, 2.75) is 6.61 Å². The van der Waals surface area contributed by atoms with E-state index in [1.54, 1.807) is 18.2 Å². The number of hydrogen-bond acceptors (Lipinski definition) is 2. The minimum Gasteiger partial charge on any atom is -0.508 e. The largest absolute Gasteiger partial charge is 0.508 e. The molecular weight excluding hydrogens is 274 g/mol. The van der Waals surface area contributed by atoms with Crippen molar-refractivity contribution in [3.8, 4) is 11.5 Å². The second-order valence-electron chi connectivity index (χ2n) is 4.66. The molecule has 3 aromatic rings. The van der Waals surface area contributed by atoms with Gasteiger partial charge in [-0.25, -0.2) is 0 Å². The predicted octanol–water partition coefficient (Wildman–Crippen LogP) is 4.12. The van der Waals surface area contributed by atoms with E-state index in [1.165, 1.54) is 0 Å². The summed E-state index contributed by atoms with van der Waals surface area (Å²) in [7, 11) is 1.98. The number of phenolic OH excluding ortho intramolecular Hbond substituents is 1. The van der Waals surface area contributed by atoms with Gasteiger partial charge in [0.25, 0.3) is 0 Å². The Labute approximate surface area is 122 Å². The van der Waals surface area contributed by atoms with Gasteiger partial charge in [-0.3, -0.25) is 0 Å². The average molecular weight is 288 g/mol. The van der Waals surface area contributed by atoms with Gasteiger partial charge in [-0.1, -0.05) is 23.7 Å². The molecule has 0 saturated carbocycles. The van der Waals surface area contributed by atoms with Crippen LogP contribution >= 0.6 is 11.6 Å². The number of benzene rings is 2. The van der Waals surface area contributed by atoms with Crippen LogP contribution in [0, 0.1) is 0 Å². The molecule has 0 atom stereocenters. The molecule has 0 spiro atoms. The quantitative estimate of drug-likeness (QED) is 0.786. The van der Waals surface area contributed by atoms with Crippen molar-refractivity contribution in [3.05, 3.63) is 59.2 Å². The van der Waals surface area contributed by atoms with E-state index < -0.39 is 0 Å². The summed E-state index contributed by atoms with van der Waals surface area (Å²) in [5.41, 5.74) is 2.08. The molecule has 2 aromatic carbocycles. The zero-order valence-electron chi connectivity index (χ0n) is 11.0. The summed E-state index contributed by atoms with van der Waals surface area (Å²) in [4.78, 5) is 0. The molecule has 0 fully saturated rings. The highest BCUT2D eigenvalue weighted by atomic mass is 35.5. The van der Waals surface area contributed by atoms with Gasteiger partial charge in [-0.15, -0.1) is 0 Å². The van der Waals surface area contributed by atoms with Crippen molar-refractivity contribution in [1.82, 2.24) is 4.57 Å². The van der Waals surface area contributed by atoms with Crippen molar-refractivity contribution < 1.29 is 9.84 Å². The highest BCUT2D eigenvalue weighted by Gasteiger charge is 2.08. The van der Waals surface area contributed by atoms with Crippen LogP contribution in [0.5, 0.6) is 11.5 Å². The van der Waals surface area contributed by atoms with Crippen LogP contribution in [0.4, 0.5) is 0 Å². The predicted molar refractivity (Wildman–Crippen MR) is 80.4 cm³/mol. The molecule has 0 unspecified atom stereocenters. The Bertz CT molecular complexity index is 764. The molecule has 3 rings (SSSR count). The lowest BCUT2D eigenvalue weighted by Gasteiger charge is -2.08. The monoisotopic (exact) mass is 287 g/mol. The number of ether oxygens (including phenoxy) is 1. The van der Waals surface area contributed by atoms with E-state index in [4.69, 9.17) is 16.3 Å². The first kappa shape index (κ1) is 12.9. The van der Waals surface area contributed by atoms with Crippen LogP contribution in [-0.2, 0) is 13.7 Å². The minimum absolute atomic E-state index is 0.265. The lowest BCUT2D eigenvalue weighted by Crippen LogP contribution is -2.01. The fourth-order valence-corrected chi connectivity index (χ4v) is 2.44. The molecule has 0 saturated heterocycles. The zero-order valence-corrected chi connectivity index (χ0v) is 11.8. The molecule has 0 radical (unpaired) electrons. The first-order valence-corrected chi connectivity index (χ1v) is 6.67. The molecule has 0 aliphatic carbocycles. The highest BCUT2D eigenvalue weighted by Crippen LogP contribution is 2.26. The van der Waals surface area contributed by atoms with Gasteiger partial charge in [0, 0.05) is 18.0 Å². The molecule has 0 bridgehead atoms. The molecule has 1 heterocycles. The van der Waals surface area contributed by atoms with Gasteiger partial charge in [0.05, 0.1) is 10.7 Å². The smallest absolute Gasteiger partial charge is 0.138 e. The van der Waals surface area contributed by atoms with Crippen LogP contribution in [0.15, 0.2) is 48.5 Å². The number of hydrogen-bond donors (Lipinski definition) is 1. The lowest BCUT2D eigenvalue weighted by atomic mass is 10.2. The highest BCUT2D eigenvalue weighted by molar-refractivity contribution is 6.32. The molecule has 3 nitrogen and oxygen atoms in total. The van der Waals surface area contributed by atoms with Crippen LogP contribution in [0.1, 0.15) is 5.69 Å². The van der Waals surface area contributed by atoms with Gasteiger partial charge in [0.2, 0.25) is 0 Å². The number of para-hydroxylation sites is 1. The first-order valence-electron chi connectivity index (χ1n) is 6.30. The first-order chi connectivity index (χ1) is 9.65. The van der Waals surface area contributed by atoms with Crippen LogP contribution in [0.25, 0.3) is 10.9 Å². The van der Waals surface area contributed by atoms with Crippen LogP contribution in [0.2, 0.25) is 5.02 Å². The van der Waals surface area contributed by atoms with Crippen molar-refractivity contribution in [2.24, 2.45) is 7.05 Å². The third-order valence-electron chi connectivity index (χ3n) is 3.34. The molecule has 4 heteroatoms. The summed E-state index contributed by atoms with van der Waals surface area (Å²) in [5, 5.41) is 11.1. The summed E-state index contributed by atoms with van der Waals surface area (Å²) in [6, 6.07) is 14.7. The third-order valence-corrected chi connectivity index (χ3v) is 3.65.